The van der Waals surface area contributed by atoms with Gasteiger partial charge in [0, 0.05) is 12.2 Å². The van der Waals surface area contributed by atoms with Crippen molar-refractivity contribution in [1.82, 2.24) is 10.2 Å². The number of carbonyl (C=O) groups excluding carboxylic acids is 3. The van der Waals surface area contributed by atoms with Crippen LogP contribution in [0, 0.1) is 26.7 Å². The van der Waals surface area contributed by atoms with Crippen LogP contribution in [0.1, 0.15) is 95.5 Å². The van der Waals surface area contributed by atoms with Crippen LogP contribution >= 0.6 is 0 Å². The lowest BCUT2D eigenvalue weighted by Crippen LogP contribution is -2.55. The van der Waals surface area contributed by atoms with Crippen LogP contribution in [0.3, 0.4) is 0 Å². The molecule has 0 spiro atoms. The Kier molecular flexibility index (Phi) is 12.2. The fourth-order valence-electron chi connectivity index (χ4n) is 4.72. The van der Waals surface area contributed by atoms with Crippen molar-refractivity contribution in [1.29, 1.82) is 0 Å². The molecular formula is C33H49N3O5. The summed E-state index contributed by atoms with van der Waals surface area (Å²) in [5.41, 5.74) is 2.96. The van der Waals surface area contributed by atoms with E-state index in [9.17, 15) is 19.5 Å². The number of nitrogens with zero attached hydrogens (tertiary/aromatic N) is 1. The first-order chi connectivity index (χ1) is 19.2. The Bertz CT molecular complexity index is 1180. The van der Waals surface area contributed by atoms with Gasteiger partial charge in [0.2, 0.25) is 5.91 Å². The summed E-state index contributed by atoms with van der Waals surface area (Å²) in [6.07, 6.45) is 2.45. The number of rotatable bonds is 12. The van der Waals surface area contributed by atoms with E-state index in [1.807, 2.05) is 45.9 Å². The topological polar surface area (TPSA) is 108 Å². The Hall–Kier alpha value is -3.55. The molecule has 0 radical (unpaired) electrons. The molecule has 3 atom stereocenters. The van der Waals surface area contributed by atoms with E-state index in [-0.39, 0.29) is 23.5 Å². The summed E-state index contributed by atoms with van der Waals surface area (Å²) in [4.78, 5) is 43.0. The lowest BCUT2D eigenvalue weighted by molar-refractivity contribution is -0.142. The van der Waals surface area contributed by atoms with E-state index in [1.54, 1.807) is 50.8 Å². The van der Waals surface area contributed by atoms with E-state index in [1.165, 1.54) is 0 Å². The number of nitrogens with one attached hydrogen (secondary N) is 2. The summed E-state index contributed by atoms with van der Waals surface area (Å²) >= 11 is 0. The minimum absolute atomic E-state index is 0.107. The molecular weight excluding hydrogens is 518 g/mol. The number of anilines is 1. The second-order valence-corrected chi connectivity index (χ2v) is 12.0. The maximum Gasteiger partial charge on any atom is 0.408 e. The zero-order valence-corrected chi connectivity index (χ0v) is 26.3. The molecule has 2 rings (SSSR count). The number of phenolic OH excluding ortho intramolecular Hbond substituents is 1. The number of benzene rings is 2. The highest BCUT2D eigenvalue weighted by Crippen LogP contribution is 2.30. The monoisotopic (exact) mass is 567 g/mol. The van der Waals surface area contributed by atoms with Gasteiger partial charge in [-0.2, -0.15) is 0 Å². The second kappa shape index (κ2) is 14.9. The molecule has 226 valence electrons. The Balaban J connectivity index is 2.64. The van der Waals surface area contributed by atoms with Gasteiger partial charge in [-0.15, -0.1) is 0 Å². The number of amides is 3. The molecule has 0 heterocycles. The Morgan fingerprint density at radius 1 is 0.976 bits per heavy atom. The molecule has 3 amide bonds. The molecule has 0 aromatic heterocycles. The molecule has 0 aliphatic carbocycles. The number of unbranched alkanes of at least 4 members (excludes halogenated alkanes) is 2. The quantitative estimate of drug-likeness (QED) is 0.240. The highest BCUT2D eigenvalue weighted by atomic mass is 16.6. The molecule has 0 aliphatic heterocycles. The molecule has 0 saturated heterocycles. The van der Waals surface area contributed by atoms with Crippen LogP contribution in [0.15, 0.2) is 36.4 Å². The van der Waals surface area contributed by atoms with Crippen LogP contribution in [0.25, 0.3) is 0 Å². The molecule has 0 bridgehead atoms. The number of carbonyl (C=O) groups is 3. The first-order valence-electron chi connectivity index (χ1n) is 14.7. The normalized spacial score (nSPS) is 13.6. The Morgan fingerprint density at radius 2 is 1.61 bits per heavy atom. The van der Waals surface area contributed by atoms with Gasteiger partial charge >= 0.3 is 6.09 Å². The zero-order chi connectivity index (χ0) is 30.9. The maximum atomic E-state index is 14.4. The van der Waals surface area contributed by atoms with Gasteiger partial charge in [-0.3, -0.25) is 9.59 Å². The van der Waals surface area contributed by atoms with Crippen molar-refractivity contribution in [2.75, 3.05) is 11.9 Å². The molecule has 0 saturated carbocycles. The lowest BCUT2D eigenvalue weighted by atomic mass is 9.94. The first kappa shape index (κ1) is 33.7. The number of aryl methyl sites for hydroxylation is 3. The van der Waals surface area contributed by atoms with E-state index in [0.717, 1.165) is 24.0 Å². The maximum absolute atomic E-state index is 14.4. The predicted octanol–water partition coefficient (Wildman–Crippen LogP) is 6.96. The molecule has 3 unspecified atom stereocenters. The minimum atomic E-state index is -0.996. The molecule has 0 fully saturated rings. The lowest BCUT2D eigenvalue weighted by Gasteiger charge is -2.36. The fourth-order valence-corrected chi connectivity index (χ4v) is 4.72. The molecule has 8 heteroatoms. The standard InChI is InChI=1S/C33H49N3O5/c1-10-12-13-19-36(31(39)28(21(3)11-2)35-32(40)41-33(7,8)9)29(25-17-18-26(37)24(6)20-25)30(38)34-27-22(4)15-14-16-23(27)5/h14-18,20-21,28-29,37H,10-13,19H2,1-9H3,(H,34,38)(H,35,40). The van der Waals surface area contributed by atoms with E-state index in [4.69, 9.17) is 4.74 Å². The third kappa shape index (κ3) is 9.51. The van der Waals surface area contributed by atoms with Crippen LogP contribution in [0.2, 0.25) is 0 Å². The number of aromatic hydroxyl groups is 1. The minimum Gasteiger partial charge on any atom is -0.508 e. The van der Waals surface area contributed by atoms with Gasteiger partial charge in [0.25, 0.3) is 5.91 Å². The number of ether oxygens (including phenoxy) is 1. The van der Waals surface area contributed by atoms with Crippen molar-refractivity contribution in [3.63, 3.8) is 0 Å². The largest absolute Gasteiger partial charge is 0.508 e. The van der Waals surface area contributed by atoms with E-state index < -0.39 is 23.8 Å². The van der Waals surface area contributed by atoms with Crippen molar-refractivity contribution in [2.45, 2.75) is 106 Å². The van der Waals surface area contributed by atoms with Gasteiger partial charge in [0.1, 0.15) is 23.4 Å². The Labute approximate surface area is 245 Å². The van der Waals surface area contributed by atoms with Gasteiger partial charge in [0.15, 0.2) is 0 Å². The smallest absolute Gasteiger partial charge is 0.408 e. The van der Waals surface area contributed by atoms with Gasteiger partial charge in [0.05, 0.1) is 0 Å². The number of alkyl carbamates (subject to hydrolysis) is 1. The van der Waals surface area contributed by atoms with Crippen LogP contribution in [-0.4, -0.2) is 46.1 Å². The number of phenols is 1. The molecule has 2 aromatic carbocycles. The first-order valence-corrected chi connectivity index (χ1v) is 14.7. The van der Waals surface area contributed by atoms with Crippen molar-refractivity contribution in [3.05, 3.63) is 58.7 Å². The number of para-hydroxylation sites is 1. The summed E-state index contributed by atoms with van der Waals surface area (Å²) in [6.45, 7) is 17.2. The third-order valence-corrected chi connectivity index (χ3v) is 7.26. The van der Waals surface area contributed by atoms with Crippen LogP contribution in [-0.2, 0) is 14.3 Å². The molecule has 8 nitrogen and oxygen atoms in total. The van der Waals surface area contributed by atoms with Gasteiger partial charge in [-0.25, -0.2) is 4.79 Å². The van der Waals surface area contributed by atoms with Crippen molar-refractivity contribution >= 4 is 23.6 Å². The molecule has 2 aromatic rings. The summed E-state index contributed by atoms with van der Waals surface area (Å²) in [6, 6.07) is 8.85. The van der Waals surface area contributed by atoms with Crippen LogP contribution in [0.5, 0.6) is 5.75 Å². The van der Waals surface area contributed by atoms with Crippen molar-refractivity contribution < 1.29 is 24.2 Å². The van der Waals surface area contributed by atoms with Gasteiger partial charge in [-0.05, 0) is 88.3 Å². The van der Waals surface area contributed by atoms with Crippen molar-refractivity contribution in [3.8, 4) is 5.75 Å². The summed E-state index contributed by atoms with van der Waals surface area (Å²) < 4.78 is 5.49. The number of hydrogen-bond acceptors (Lipinski definition) is 5. The molecule has 0 aliphatic rings. The van der Waals surface area contributed by atoms with E-state index in [0.29, 0.717) is 36.2 Å². The SMILES string of the molecule is CCCCCN(C(=O)C(NC(=O)OC(C)(C)C)C(C)CC)C(C(=O)Nc1c(C)cccc1C)c1ccc(O)c(C)c1. The van der Waals surface area contributed by atoms with Gasteiger partial charge in [-0.1, -0.05) is 64.3 Å². The highest BCUT2D eigenvalue weighted by Gasteiger charge is 2.38. The second-order valence-electron chi connectivity index (χ2n) is 12.0. The summed E-state index contributed by atoms with van der Waals surface area (Å²) in [5.74, 6) is -0.825. The zero-order valence-electron chi connectivity index (χ0n) is 26.3. The van der Waals surface area contributed by atoms with Crippen LogP contribution < -0.4 is 10.6 Å². The fraction of sp³-hybridized carbons (Fsp3) is 0.545. The summed E-state index contributed by atoms with van der Waals surface area (Å²) in [7, 11) is 0. The highest BCUT2D eigenvalue weighted by molar-refractivity contribution is 6.00. The van der Waals surface area contributed by atoms with Crippen molar-refractivity contribution in [2.24, 2.45) is 5.92 Å². The molecule has 3 N–H and O–H groups in total. The molecule has 41 heavy (non-hydrogen) atoms. The number of hydrogen-bond donors (Lipinski definition) is 3. The predicted molar refractivity (Wildman–Crippen MR) is 164 cm³/mol. The van der Waals surface area contributed by atoms with Gasteiger partial charge < -0.3 is 25.4 Å². The average molecular weight is 568 g/mol. The Morgan fingerprint density at radius 3 is 2.15 bits per heavy atom. The third-order valence-electron chi connectivity index (χ3n) is 7.26. The van der Waals surface area contributed by atoms with E-state index >= 15 is 0 Å². The van der Waals surface area contributed by atoms with Crippen LogP contribution in [0.4, 0.5) is 10.5 Å². The average Bonchev–Trinajstić information content (AvgIpc) is 2.89. The van der Waals surface area contributed by atoms with E-state index in [2.05, 4.69) is 17.6 Å². The summed E-state index contributed by atoms with van der Waals surface area (Å²) in [5, 5.41) is 16.1.